The number of hydrogen-bond acceptors (Lipinski definition) is 3. The van der Waals surface area contributed by atoms with Crippen LogP contribution in [0, 0.1) is 25.2 Å². The number of benzene rings is 1. The Morgan fingerprint density at radius 1 is 1.30 bits per heavy atom. The highest BCUT2D eigenvalue weighted by molar-refractivity contribution is 6.14. The van der Waals surface area contributed by atoms with Crippen LogP contribution in [-0.2, 0) is 11.3 Å². The molecule has 4 heteroatoms. The standard InChI is InChI=1S/C19H20N2O2/c1-14-11-17(15(2)21(14)9-10-23-3)12-18(13-20)19(22)16-7-5-4-6-8-16/h4-8,11-12H,9-10H2,1-3H3/b18-12+. The molecule has 0 unspecified atom stereocenters. The van der Waals surface area contributed by atoms with Gasteiger partial charge < -0.3 is 9.30 Å². The predicted octanol–water partition coefficient (Wildman–Crippen LogP) is 3.54. The zero-order valence-corrected chi connectivity index (χ0v) is 13.7. The number of rotatable bonds is 6. The molecular weight excluding hydrogens is 288 g/mol. The number of Topliss-reactive ketones (excluding diaryl/α,β-unsaturated/α-hetero) is 1. The van der Waals surface area contributed by atoms with Gasteiger partial charge in [-0.25, -0.2) is 0 Å². The Morgan fingerprint density at radius 3 is 2.61 bits per heavy atom. The van der Waals surface area contributed by atoms with Gasteiger partial charge in [0.2, 0.25) is 5.78 Å². The topological polar surface area (TPSA) is 55.0 Å². The number of aryl methyl sites for hydroxylation is 1. The van der Waals surface area contributed by atoms with Crippen LogP contribution in [0.5, 0.6) is 0 Å². The van der Waals surface area contributed by atoms with Crippen LogP contribution in [0.1, 0.15) is 27.3 Å². The predicted molar refractivity (Wildman–Crippen MR) is 90.1 cm³/mol. The fourth-order valence-electron chi connectivity index (χ4n) is 2.55. The number of carbonyl (C=O) groups excluding carboxylic acids is 1. The Kier molecular flexibility index (Phi) is 5.51. The Bertz CT molecular complexity index is 765. The van der Waals surface area contributed by atoms with Crippen LogP contribution in [0.4, 0.5) is 0 Å². The van der Waals surface area contributed by atoms with Gasteiger partial charge in [0.15, 0.2) is 0 Å². The van der Waals surface area contributed by atoms with Crippen molar-refractivity contribution in [1.82, 2.24) is 4.57 Å². The minimum Gasteiger partial charge on any atom is -0.383 e. The largest absolute Gasteiger partial charge is 0.383 e. The molecule has 0 saturated heterocycles. The van der Waals surface area contributed by atoms with E-state index in [0.717, 1.165) is 23.5 Å². The van der Waals surface area contributed by atoms with Crippen LogP contribution >= 0.6 is 0 Å². The van der Waals surface area contributed by atoms with E-state index in [9.17, 15) is 10.1 Å². The first-order valence-corrected chi connectivity index (χ1v) is 7.45. The van der Waals surface area contributed by atoms with E-state index in [2.05, 4.69) is 4.57 Å². The van der Waals surface area contributed by atoms with Crippen LogP contribution in [0.3, 0.4) is 0 Å². The molecule has 0 atom stereocenters. The van der Waals surface area contributed by atoms with Gasteiger partial charge >= 0.3 is 0 Å². The summed E-state index contributed by atoms with van der Waals surface area (Å²) in [6.45, 7) is 5.35. The summed E-state index contributed by atoms with van der Waals surface area (Å²) in [6, 6.07) is 12.9. The molecule has 1 heterocycles. The highest BCUT2D eigenvalue weighted by atomic mass is 16.5. The van der Waals surface area contributed by atoms with Gasteiger partial charge in [-0.1, -0.05) is 30.3 Å². The van der Waals surface area contributed by atoms with Crippen molar-refractivity contribution in [2.24, 2.45) is 0 Å². The molecule has 1 aromatic heterocycles. The lowest BCUT2D eigenvalue weighted by atomic mass is 10.0. The maximum absolute atomic E-state index is 12.4. The van der Waals surface area contributed by atoms with Crippen molar-refractivity contribution >= 4 is 11.9 Å². The van der Waals surface area contributed by atoms with E-state index in [1.165, 1.54) is 0 Å². The SMILES string of the molecule is COCCn1c(C)cc(/C=C(\C#N)C(=O)c2ccccc2)c1C. The molecule has 0 aliphatic carbocycles. The summed E-state index contributed by atoms with van der Waals surface area (Å²) in [5.41, 5.74) is 3.65. The first-order valence-electron chi connectivity index (χ1n) is 7.45. The van der Waals surface area contributed by atoms with Crippen molar-refractivity contribution in [2.75, 3.05) is 13.7 Å². The van der Waals surface area contributed by atoms with Gasteiger partial charge in [-0.3, -0.25) is 4.79 Å². The van der Waals surface area contributed by atoms with Gasteiger partial charge in [0.1, 0.15) is 11.6 Å². The summed E-state index contributed by atoms with van der Waals surface area (Å²) in [4.78, 5) is 12.4. The molecule has 0 N–H and O–H groups in total. The lowest BCUT2D eigenvalue weighted by Gasteiger charge is -2.08. The molecule has 0 radical (unpaired) electrons. The molecule has 0 fully saturated rings. The Morgan fingerprint density at radius 2 is 2.00 bits per heavy atom. The summed E-state index contributed by atoms with van der Waals surface area (Å²) in [5.74, 6) is -0.255. The molecule has 4 nitrogen and oxygen atoms in total. The maximum atomic E-state index is 12.4. The lowest BCUT2D eigenvalue weighted by Crippen LogP contribution is -2.07. The molecule has 0 aliphatic heterocycles. The van der Waals surface area contributed by atoms with E-state index >= 15 is 0 Å². The molecule has 1 aromatic carbocycles. The van der Waals surface area contributed by atoms with Crippen LogP contribution < -0.4 is 0 Å². The van der Waals surface area contributed by atoms with Crippen molar-refractivity contribution in [3.63, 3.8) is 0 Å². The van der Waals surface area contributed by atoms with Crippen molar-refractivity contribution in [1.29, 1.82) is 5.26 Å². The third kappa shape index (κ3) is 3.77. The molecule has 23 heavy (non-hydrogen) atoms. The van der Waals surface area contributed by atoms with Crippen LogP contribution in [0.15, 0.2) is 42.0 Å². The normalized spacial score (nSPS) is 11.3. The summed E-state index contributed by atoms with van der Waals surface area (Å²) in [5, 5.41) is 9.36. The third-order valence-corrected chi connectivity index (χ3v) is 3.83. The van der Waals surface area contributed by atoms with Gasteiger partial charge in [0, 0.05) is 30.6 Å². The Balaban J connectivity index is 2.36. The van der Waals surface area contributed by atoms with Gasteiger partial charge in [-0.15, -0.1) is 0 Å². The first-order chi connectivity index (χ1) is 11.1. The highest BCUT2D eigenvalue weighted by Crippen LogP contribution is 2.19. The van der Waals surface area contributed by atoms with Gasteiger partial charge in [0.25, 0.3) is 0 Å². The molecule has 2 aromatic rings. The average Bonchev–Trinajstić information content (AvgIpc) is 2.84. The monoisotopic (exact) mass is 308 g/mol. The number of aromatic nitrogens is 1. The van der Waals surface area contributed by atoms with E-state index in [-0.39, 0.29) is 11.4 Å². The summed E-state index contributed by atoms with van der Waals surface area (Å²) >= 11 is 0. The van der Waals surface area contributed by atoms with E-state index in [4.69, 9.17) is 4.74 Å². The summed E-state index contributed by atoms with van der Waals surface area (Å²) in [6.07, 6.45) is 1.67. The van der Waals surface area contributed by atoms with Crippen LogP contribution in [0.25, 0.3) is 6.08 Å². The molecule has 0 bridgehead atoms. The van der Waals surface area contributed by atoms with Crippen molar-refractivity contribution in [2.45, 2.75) is 20.4 Å². The number of carbonyl (C=O) groups is 1. The molecule has 0 aliphatic rings. The highest BCUT2D eigenvalue weighted by Gasteiger charge is 2.14. The molecular formula is C19H20N2O2. The van der Waals surface area contributed by atoms with E-state index < -0.39 is 0 Å². The van der Waals surface area contributed by atoms with Crippen molar-refractivity contribution in [3.05, 3.63) is 64.5 Å². The quantitative estimate of drug-likeness (QED) is 0.466. The first kappa shape index (κ1) is 16.7. The second-order valence-electron chi connectivity index (χ2n) is 5.34. The average molecular weight is 308 g/mol. The van der Waals surface area contributed by atoms with Gasteiger partial charge in [-0.2, -0.15) is 5.26 Å². The van der Waals surface area contributed by atoms with Crippen LogP contribution in [-0.4, -0.2) is 24.1 Å². The molecule has 118 valence electrons. The zero-order valence-electron chi connectivity index (χ0n) is 13.7. The van der Waals surface area contributed by atoms with E-state index in [1.807, 2.05) is 32.0 Å². The van der Waals surface area contributed by atoms with Gasteiger partial charge in [-0.05, 0) is 31.6 Å². The number of hydrogen-bond donors (Lipinski definition) is 0. The number of nitriles is 1. The minimum atomic E-state index is -0.255. The number of ketones is 1. The fraction of sp³-hybridized carbons (Fsp3) is 0.263. The zero-order chi connectivity index (χ0) is 16.8. The molecule has 0 spiro atoms. The number of allylic oxidation sites excluding steroid dienone is 1. The van der Waals surface area contributed by atoms with E-state index in [0.29, 0.717) is 12.2 Å². The molecule has 0 amide bonds. The number of nitrogens with zero attached hydrogens (tertiary/aromatic N) is 2. The van der Waals surface area contributed by atoms with E-state index in [1.54, 1.807) is 37.5 Å². The van der Waals surface area contributed by atoms with Crippen molar-refractivity contribution in [3.8, 4) is 6.07 Å². The second kappa shape index (κ2) is 7.57. The maximum Gasteiger partial charge on any atom is 0.203 e. The number of methoxy groups -OCH3 is 1. The smallest absolute Gasteiger partial charge is 0.203 e. The Hall–Kier alpha value is -2.64. The second-order valence-corrected chi connectivity index (χ2v) is 5.34. The molecule has 2 rings (SSSR count). The lowest BCUT2D eigenvalue weighted by molar-refractivity contribution is 0.104. The number of ether oxygens (including phenoxy) is 1. The summed E-state index contributed by atoms with van der Waals surface area (Å²) < 4.78 is 7.24. The van der Waals surface area contributed by atoms with Crippen LogP contribution in [0.2, 0.25) is 0 Å². The Labute approximate surface area is 136 Å². The third-order valence-electron chi connectivity index (χ3n) is 3.83. The minimum absolute atomic E-state index is 0.142. The summed E-state index contributed by atoms with van der Waals surface area (Å²) in [7, 11) is 1.67. The molecule has 0 saturated carbocycles. The fourth-order valence-corrected chi connectivity index (χ4v) is 2.55. The van der Waals surface area contributed by atoms with Gasteiger partial charge in [0.05, 0.1) is 6.61 Å². The van der Waals surface area contributed by atoms with Crippen molar-refractivity contribution < 1.29 is 9.53 Å².